The van der Waals surface area contributed by atoms with Gasteiger partial charge >= 0.3 is 0 Å². The van der Waals surface area contributed by atoms with Crippen molar-refractivity contribution < 1.29 is 19.3 Å². The first-order chi connectivity index (χ1) is 16.9. The molecule has 3 aromatic rings. The second kappa shape index (κ2) is 13.0. The summed E-state index contributed by atoms with van der Waals surface area (Å²) in [5.41, 5.74) is 2.77. The van der Waals surface area contributed by atoms with Crippen LogP contribution in [0.15, 0.2) is 54.6 Å². The highest BCUT2D eigenvalue weighted by Gasteiger charge is 2.24. The maximum atomic E-state index is 10.6. The molecule has 0 saturated heterocycles. The number of terminal acetylenes is 1. The zero-order chi connectivity index (χ0) is 25.2. The van der Waals surface area contributed by atoms with E-state index in [0.717, 1.165) is 23.4 Å². The molecule has 0 spiro atoms. The van der Waals surface area contributed by atoms with Gasteiger partial charge < -0.3 is 19.3 Å². The van der Waals surface area contributed by atoms with Crippen LogP contribution in [0.25, 0.3) is 11.3 Å². The minimum absolute atomic E-state index is 0.179. The Kier molecular flexibility index (Phi) is 9.74. The first-order valence-electron chi connectivity index (χ1n) is 11.8. The summed E-state index contributed by atoms with van der Waals surface area (Å²) in [5, 5.41) is 15.4. The lowest BCUT2D eigenvalue weighted by Gasteiger charge is -2.27. The molecule has 0 radical (unpaired) electrons. The minimum atomic E-state index is -0.669. The molecule has 0 amide bonds. The van der Waals surface area contributed by atoms with Gasteiger partial charge in [-0.1, -0.05) is 62.2 Å². The fraction of sp³-hybridized carbons (Fsp3) is 0.393. The molecule has 0 aliphatic heterocycles. The topological polar surface area (TPSA) is 69.0 Å². The van der Waals surface area contributed by atoms with Gasteiger partial charge in [-0.05, 0) is 18.1 Å². The Morgan fingerprint density at radius 2 is 1.74 bits per heavy atom. The van der Waals surface area contributed by atoms with Crippen molar-refractivity contribution in [3.8, 4) is 41.0 Å². The van der Waals surface area contributed by atoms with E-state index in [1.54, 1.807) is 11.8 Å². The third kappa shape index (κ3) is 7.33. The molecule has 0 saturated carbocycles. The fourth-order valence-electron chi connectivity index (χ4n) is 4.01. The van der Waals surface area contributed by atoms with Crippen molar-refractivity contribution in [2.75, 3.05) is 33.4 Å². The van der Waals surface area contributed by atoms with Gasteiger partial charge in [-0.15, -0.1) is 6.42 Å². The average molecular weight is 478 g/mol. The number of aryl methyl sites for hydroxylation is 1. The number of para-hydroxylation sites is 2. The molecule has 7 heteroatoms. The van der Waals surface area contributed by atoms with Crippen LogP contribution >= 0.6 is 0 Å². The quantitative estimate of drug-likeness (QED) is 0.292. The molecule has 3 rings (SSSR count). The highest BCUT2D eigenvalue weighted by molar-refractivity contribution is 5.66. The van der Waals surface area contributed by atoms with Crippen molar-refractivity contribution in [2.45, 2.75) is 26.5 Å². The summed E-state index contributed by atoms with van der Waals surface area (Å²) in [7, 11) is 3.49. The summed E-state index contributed by atoms with van der Waals surface area (Å²) in [6.45, 7) is 6.42. The third-order valence-corrected chi connectivity index (χ3v) is 5.38. The Bertz CT molecular complexity index is 1110. The molecule has 0 aliphatic carbocycles. The number of aromatic nitrogens is 2. The first kappa shape index (κ1) is 26.3. The number of nitrogens with zero attached hydrogens (tertiary/aromatic N) is 3. The van der Waals surface area contributed by atoms with Crippen LogP contribution < -0.4 is 9.47 Å². The number of ether oxygens (including phenoxy) is 3. The van der Waals surface area contributed by atoms with E-state index in [1.165, 1.54) is 0 Å². The molecule has 1 aromatic heterocycles. The van der Waals surface area contributed by atoms with Crippen molar-refractivity contribution in [3.63, 3.8) is 0 Å². The molecular weight excluding hydrogens is 442 g/mol. The minimum Gasteiger partial charge on any atom is -0.493 e. The van der Waals surface area contributed by atoms with Crippen molar-refractivity contribution in [3.05, 3.63) is 60.2 Å². The van der Waals surface area contributed by atoms with Crippen LogP contribution in [0.4, 0.5) is 0 Å². The van der Waals surface area contributed by atoms with Gasteiger partial charge in [0.1, 0.15) is 12.3 Å². The van der Waals surface area contributed by atoms with Crippen molar-refractivity contribution >= 4 is 0 Å². The van der Waals surface area contributed by atoms with Gasteiger partial charge in [-0.3, -0.25) is 4.90 Å². The van der Waals surface area contributed by atoms with Crippen LogP contribution in [0.5, 0.6) is 17.4 Å². The van der Waals surface area contributed by atoms with Crippen LogP contribution in [-0.2, 0) is 18.3 Å². The Balaban J connectivity index is 1.98. The summed E-state index contributed by atoms with van der Waals surface area (Å²) in [6.07, 6.45) is 4.59. The van der Waals surface area contributed by atoms with Gasteiger partial charge in [-0.25, -0.2) is 4.68 Å². The molecule has 7 nitrogen and oxygen atoms in total. The number of benzene rings is 2. The number of aliphatic hydroxyl groups excluding tert-OH is 1. The van der Waals surface area contributed by atoms with Crippen LogP contribution in [0.3, 0.4) is 0 Å². The van der Waals surface area contributed by atoms with Gasteiger partial charge in [0.2, 0.25) is 5.88 Å². The van der Waals surface area contributed by atoms with Gasteiger partial charge in [0, 0.05) is 32.2 Å². The van der Waals surface area contributed by atoms with E-state index in [2.05, 4.69) is 24.7 Å². The zero-order valence-corrected chi connectivity index (χ0v) is 21.0. The molecule has 0 unspecified atom stereocenters. The molecular formula is C28H35N3O4. The van der Waals surface area contributed by atoms with Crippen molar-refractivity contribution in [1.29, 1.82) is 0 Å². The predicted octanol–water partition coefficient (Wildman–Crippen LogP) is 4.36. The molecule has 0 aliphatic rings. The number of rotatable bonds is 13. The molecule has 35 heavy (non-hydrogen) atoms. The SMILES string of the molecule is C#CCOC[C@H](O)CN(Cc1c(-c2ccccc2)nn(C)c1Oc1ccccc1OC)CC(C)C. The van der Waals surface area contributed by atoms with Crippen LogP contribution in [-0.4, -0.2) is 59.3 Å². The maximum Gasteiger partial charge on any atom is 0.222 e. The van der Waals surface area contributed by atoms with Gasteiger partial charge in [0.25, 0.3) is 0 Å². The monoisotopic (exact) mass is 477 g/mol. The predicted molar refractivity (Wildman–Crippen MR) is 137 cm³/mol. The number of aliphatic hydroxyl groups is 1. The average Bonchev–Trinajstić information content (AvgIpc) is 3.14. The molecule has 1 heterocycles. The summed E-state index contributed by atoms with van der Waals surface area (Å²) < 4.78 is 19.0. The Labute approximate surface area is 208 Å². The summed E-state index contributed by atoms with van der Waals surface area (Å²) in [5.74, 6) is 4.70. The first-order valence-corrected chi connectivity index (χ1v) is 11.8. The smallest absolute Gasteiger partial charge is 0.222 e. The molecule has 1 N–H and O–H groups in total. The zero-order valence-electron chi connectivity index (χ0n) is 21.0. The Morgan fingerprint density at radius 3 is 2.40 bits per heavy atom. The van der Waals surface area contributed by atoms with Gasteiger partial charge in [-0.2, -0.15) is 5.10 Å². The molecule has 1 atom stereocenters. The van der Waals surface area contributed by atoms with E-state index in [4.69, 9.17) is 25.7 Å². The summed E-state index contributed by atoms with van der Waals surface area (Å²) in [4.78, 5) is 2.20. The fourth-order valence-corrected chi connectivity index (χ4v) is 4.01. The second-order valence-corrected chi connectivity index (χ2v) is 8.84. The number of hydrogen-bond donors (Lipinski definition) is 1. The van der Waals surface area contributed by atoms with Gasteiger partial charge in [0.05, 0.1) is 25.4 Å². The molecule has 0 fully saturated rings. The molecule has 2 aromatic carbocycles. The summed E-state index contributed by atoms with van der Waals surface area (Å²) >= 11 is 0. The lowest BCUT2D eigenvalue weighted by atomic mass is 10.1. The molecule has 186 valence electrons. The molecule has 0 bridgehead atoms. The largest absolute Gasteiger partial charge is 0.493 e. The maximum absolute atomic E-state index is 10.6. The van der Waals surface area contributed by atoms with Crippen LogP contribution in [0, 0.1) is 18.3 Å². The van der Waals surface area contributed by atoms with E-state index in [9.17, 15) is 5.11 Å². The van der Waals surface area contributed by atoms with E-state index < -0.39 is 6.10 Å². The number of hydrogen-bond acceptors (Lipinski definition) is 6. The Hall–Kier alpha value is -3.31. The van der Waals surface area contributed by atoms with E-state index >= 15 is 0 Å². The van der Waals surface area contributed by atoms with Crippen molar-refractivity contribution in [2.24, 2.45) is 13.0 Å². The van der Waals surface area contributed by atoms with Crippen molar-refractivity contribution in [1.82, 2.24) is 14.7 Å². The number of methoxy groups -OCH3 is 1. The van der Waals surface area contributed by atoms with Crippen LogP contribution in [0.2, 0.25) is 0 Å². The van der Waals surface area contributed by atoms with E-state index in [1.807, 2.05) is 61.6 Å². The lowest BCUT2D eigenvalue weighted by Crippen LogP contribution is -2.37. The van der Waals surface area contributed by atoms with E-state index in [0.29, 0.717) is 36.4 Å². The lowest BCUT2D eigenvalue weighted by molar-refractivity contribution is 0.0237. The second-order valence-electron chi connectivity index (χ2n) is 8.84. The Morgan fingerprint density at radius 1 is 1.06 bits per heavy atom. The third-order valence-electron chi connectivity index (χ3n) is 5.38. The highest BCUT2D eigenvalue weighted by Crippen LogP contribution is 2.37. The highest BCUT2D eigenvalue weighted by atomic mass is 16.5. The standard InChI is InChI=1S/C28H35N3O4/c1-6-16-34-20-23(32)18-31(17-21(2)3)19-24-27(22-12-8-7-9-13-22)29-30(4)28(24)35-26-15-11-10-14-25(26)33-5/h1,7-15,21,23,32H,16-20H2,2-5H3/t23-/m1/s1. The normalized spacial score (nSPS) is 12.1. The summed E-state index contributed by atoms with van der Waals surface area (Å²) in [6, 6.07) is 17.6. The van der Waals surface area contributed by atoms with Crippen LogP contribution in [0.1, 0.15) is 19.4 Å². The van der Waals surface area contributed by atoms with E-state index in [-0.39, 0.29) is 13.2 Å². The van der Waals surface area contributed by atoms with Gasteiger partial charge in [0.15, 0.2) is 11.5 Å².